The second-order valence-electron chi connectivity index (χ2n) is 7.00. The zero-order chi connectivity index (χ0) is 15.8. The third-order valence-corrected chi connectivity index (χ3v) is 5.12. The predicted molar refractivity (Wildman–Crippen MR) is 97.9 cm³/mol. The van der Waals surface area contributed by atoms with E-state index in [4.69, 9.17) is 4.98 Å². The number of rotatable bonds is 2. The summed E-state index contributed by atoms with van der Waals surface area (Å²) in [5.74, 6) is 0.742. The lowest BCUT2D eigenvalue weighted by atomic mass is 9.92. The van der Waals surface area contributed by atoms with Gasteiger partial charge in [0, 0.05) is 17.1 Å². The number of aryl methyl sites for hydroxylation is 2. The molecule has 3 aromatic rings. The molecular weight excluding hydrogens is 278 g/mol. The fraction of sp³-hybridized carbons (Fsp3) is 0.318. The van der Waals surface area contributed by atoms with Crippen molar-refractivity contribution in [2.75, 3.05) is 0 Å². The first kappa shape index (κ1) is 14.4. The molecule has 1 heterocycles. The Morgan fingerprint density at radius 2 is 1.70 bits per heavy atom. The SMILES string of the molecule is Cc1cc(-c2nccc3cc(C)ccc23)cc(C2CCCC2)c1. The van der Waals surface area contributed by atoms with Gasteiger partial charge in [0.2, 0.25) is 0 Å². The molecular formula is C22H23N. The Hall–Kier alpha value is -2.15. The van der Waals surface area contributed by atoms with Crippen molar-refractivity contribution in [2.45, 2.75) is 45.4 Å². The number of hydrogen-bond donors (Lipinski definition) is 0. The standard InChI is InChI=1S/C22H23N/c1-15-7-8-21-18(11-15)9-10-23-22(21)20-13-16(2)12-19(14-20)17-5-3-4-6-17/h7-14,17H,3-6H2,1-2H3. The zero-order valence-electron chi connectivity index (χ0n) is 14.0. The van der Waals surface area contributed by atoms with Gasteiger partial charge in [-0.05, 0) is 61.8 Å². The highest BCUT2D eigenvalue weighted by Gasteiger charge is 2.18. The number of aromatic nitrogens is 1. The quantitative estimate of drug-likeness (QED) is 0.551. The summed E-state index contributed by atoms with van der Waals surface area (Å²) in [6, 6.07) is 15.8. The molecule has 0 spiro atoms. The largest absolute Gasteiger partial charge is 0.256 e. The van der Waals surface area contributed by atoms with Crippen molar-refractivity contribution >= 4 is 10.8 Å². The molecule has 1 aromatic heterocycles. The van der Waals surface area contributed by atoms with Gasteiger partial charge in [0.05, 0.1) is 5.69 Å². The van der Waals surface area contributed by atoms with Crippen LogP contribution in [0.5, 0.6) is 0 Å². The summed E-state index contributed by atoms with van der Waals surface area (Å²) in [5, 5.41) is 2.53. The summed E-state index contributed by atoms with van der Waals surface area (Å²) in [5.41, 5.74) is 6.52. The van der Waals surface area contributed by atoms with Gasteiger partial charge in [-0.3, -0.25) is 4.98 Å². The van der Waals surface area contributed by atoms with Crippen molar-refractivity contribution in [3.05, 3.63) is 65.4 Å². The van der Waals surface area contributed by atoms with E-state index in [1.807, 2.05) is 6.20 Å². The lowest BCUT2D eigenvalue weighted by molar-refractivity contribution is 0.723. The van der Waals surface area contributed by atoms with E-state index in [0.29, 0.717) is 0 Å². The number of hydrogen-bond acceptors (Lipinski definition) is 1. The Labute approximate surface area is 138 Å². The second-order valence-corrected chi connectivity index (χ2v) is 7.00. The van der Waals surface area contributed by atoms with Crippen LogP contribution in [0.3, 0.4) is 0 Å². The fourth-order valence-corrected chi connectivity index (χ4v) is 3.97. The Balaban J connectivity index is 1.87. The number of nitrogens with zero attached hydrogens (tertiary/aromatic N) is 1. The summed E-state index contributed by atoms with van der Waals surface area (Å²) in [7, 11) is 0. The minimum absolute atomic E-state index is 0.742. The van der Waals surface area contributed by atoms with E-state index >= 15 is 0 Å². The average molecular weight is 301 g/mol. The van der Waals surface area contributed by atoms with Gasteiger partial charge in [-0.2, -0.15) is 0 Å². The Morgan fingerprint density at radius 3 is 2.52 bits per heavy atom. The van der Waals surface area contributed by atoms with Crippen LogP contribution in [-0.2, 0) is 0 Å². The molecule has 1 heteroatoms. The van der Waals surface area contributed by atoms with Gasteiger partial charge in [0.25, 0.3) is 0 Å². The minimum Gasteiger partial charge on any atom is -0.256 e. The highest BCUT2D eigenvalue weighted by atomic mass is 14.7. The van der Waals surface area contributed by atoms with Crippen LogP contribution in [0.4, 0.5) is 0 Å². The maximum Gasteiger partial charge on any atom is 0.0780 e. The van der Waals surface area contributed by atoms with Crippen LogP contribution in [0.2, 0.25) is 0 Å². The molecule has 1 nitrogen and oxygen atoms in total. The molecule has 0 unspecified atom stereocenters. The van der Waals surface area contributed by atoms with Gasteiger partial charge in [0.1, 0.15) is 0 Å². The third kappa shape index (κ3) is 2.76. The van der Waals surface area contributed by atoms with Crippen molar-refractivity contribution in [1.82, 2.24) is 4.98 Å². The molecule has 1 aliphatic carbocycles. The van der Waals surface area contributed by atoms with Crippen LogP contribution in [0.15, 0.2) is 48.7 Å². The monoisotopic (exact) mass is 301 g/mol. The van der Waals surface area contributed by atoms with Gasteiger partial charge >= 0.3 is 0 Å². The molecule has 1 saturated carbocycles. The molecule has 23 heavy (non-hydrogen) atoms. The maximum absolute atomic E-state index is 4.72. The first-order valence-electron chi connectivity index (χ1n) is 8.68. The number of fused-ring (bicyclic) bond motifs is 1. The molecule has 0 saturated heterocycles. The van der Waals surface area contributed by atoms with E-state index in [0.717, 1.165) is 11.6 Å². The van der Waals surface area contributed by atoms with Gasteiger partial charge < -0.3 is 0 Å². The molecule has 0 bridgehead atoms. The maximum atomic E-state index is 4.72. The Morgan fingerprint density at radius 1 is 0.870 bits per heavy atom. The average Bonchev–Trinajstić information content (AvgIpc) is 3.08. The molecule has 2 aromatic carbocycles. The fourth-order valence-electron chi connectivity index (χ4n) is 3.97. The van der Waals surface area contributed by atoms with E-state index in [1.165, 1.54) is 58.7 Å². The lowest BCUT2D eigenvalue weighted by Crippen LogP contribution is -1.95. The summed E-state index contributed by atoms with van der Waals surface area (Å²) >= 11 is 0. The molecule has 0 amide bonds. The Bertz CT molecular complexity index is 857. The third-order valence-electron chi connectivity index (χ3n) is 5.12. The number of pyridine rings is 1. The smallest absolute Gasteiger partial charge is 0.0780 e. The molecule has 0 atom stereocenters. The zero-order valence-corrected chi connectivity index (χ0v) is 14.0. The van der Waals surface area contributed by atoms with Crippen LogP contribution in [-0.4, -0.2) is 4.98 Å². The second kappa shape index (κ2) is 5.81. The lowest BCUT2D eigenvalue weighted by Gasteiger charge is -2.14. The molecule has 0 radical (unpaired) electrons. The van der Waals surface area contributed by atoms with Crippen LogP contribution < -0.4 is 0 Å². The molecule has 4 rings (SSSR count). The van der Waals surface area contributed by atoms with E-state index in [-0.39, 0.29) is 0 Å². The molecule has 0 N–H and O–H groups in total. The molecule has 0 aliphatic heterocycles. The van der Waals surface area contributed by atoms with E-state index < -0.39 is 0 Å². The first-order valence-corrected chi connectivity index (χ1v) is 8.68. The van der Waals surface area contributed by atoms with Crippen LogP contribution in [0, 0.1) is 13.8 Å². The van der Waals surface area contributed by atoms with E-state index in [2.05, 4.69) is 56.3 Å². The molecule has 116 valence electrons. The van der Waals surface area contributed by atoms with Crippen molar-refractivity contribution in [3.8, 4) is 11.3 Å². The topological polar surface area (TPSA) is 12.9 Å². The van der Waals surface area contributed by atoms with Gasteiger partial charge in [-0.1, -0.05) is 48.2 Å². The highest BCUT2D eigenvalue weighted by Crippen LogP contribution is 2.37. The summed E-state index contributed by atoms with van der Waals surface area (Å²) in [6.45, 7) is 4.35. The molecule has 1 fully saturated rings. The minimum atomic E-state index is 0.742. The van der Waals surface area contributed by atoms with Crippen molar-refractivity contribution < 1.29 is 0 Å². The van der Waals surface area contributed by atoms with E-state index in [1.54, 1.807) is 0 Å². The van der Waals surface area contributed by atoms with Crippen molar-refractivity contribution in [3.63, 3.8) is 0 Å². The van der Waals surface area contributed by atoms with Gasteiger partial charge in [0.15, 0.2) is 0 Å². The van der Waals surface area contributed by atoms with E-state index in [9.17, 15) is 0 Å². The highest BCUT2D eigenvalue weighted by molar-refractivity contribution is 5.95. The van der Waals surface area contributed by atoms with Crippen LogP contribution >= 0.6 is 0 Å². The molecule has 1 aliphatic rings. The summed E-state index contributed by atoms with van der Waals surface area (Å²) < 4.78 is 0. The van der Waals surface area contributed by atoms with Crippen LogP contribution in [0.1, 0.15) is 48.3 Å². The normalized spacial score (nSPS) is 15.4. The van der Waals surface area contributed by atoms with Gasteiger partial charge in [-0.25, -0.2) is 0 Å². The number of benzene rings is 2. The van der Waals surface area contributed by atoms with Gasteiger partial charge in [-0.15, -0.1) is 0 Å². The Kier molecular flexibility index (Phi) is 3.65. The summed E-state index contributed by atoms with van der Waals surface area (Å²) in [4.78, 5) is 4.72. The predicted octanol–water partition coefficient (Wildman–Crippen LogP) is 6.18. The summed E-state index contributed by atoms with van der Waals surface area (Å²) in [6.07, 6.45) is 7.37. The first-order chi connectivity index (χ1) is 11.2. The van der Waals surface area contributed by atoms with Crippen LogP contribution in [0.25, 0.3) is 22.0 Å². The van der Waals surface area contributed by atoms with Crippen molar-refractivity contribution in [2.24, 2.45) is 0 Å². The van der Waals surface area contributed by atoms with Crippen molar-refractivity contribution in [1.29, 1.82) is 0 Å².